The van der Waals surface area contributed by atoms with Gasteiger partial charge in [-0.15, -0.1) is 23.8 Å². The van der Waals surface area contributed by atoms with Crippen molar-refractivity contribution in [3.8, 4) is 78.7 Å². The summed E-state index contributed by atoms with van der Waals surface area (Å²) >= 11 is 0. The minimum atomic E-state index is 0. The Morgan fingerprint density at radius 2 is 0.929 bits per heavy atom. The van der Waals surface area contributed by atoms with Crippen LogP contribution in [0.3, 0.4) is 0 Å². The van der Waals surface area contributed by atoms with Gasteiger partial charge in [-0.25, -0.2) is 26.1 Å². The normalized spacial score (nSPS) is 11.1. The predicted octanol–water partition coefficient (Wildman–Crippen LogP) is 13.0. The van der Waals surface area contributed by atoms with Crippen LogP contribution in [-0.2, 0) is 0 Å². The van der Waals surface area contributed by atoms with Crippen molar-refractivity contribution in [2.24, 2.45) is 0 Å². The molecule has 0 fully saturated rings. The van der Waals surface area contributed by atoms with Crippen molar-refractivity contribution in [1.82, 2.24) is 15.0 Å². The van der Waals surface area contributed by atoms with Crippen molar-refractivity contribution < 1.29 is 35.5 Å². The largest absolute Gasteiger partial charge is 2.00 e. The Morgan fingerprint density at radius 3 is 1.71 bits per heavy atom. The molecule has 0 N–H and O–H groups in total. The van der Waals surface area contributed by atoms with Crippen LogP contribution in [0.5, 0.6) is 0 Å². The molecule has 2 heterocycles. The monoisotopic (exact) mass is 939 g/mol. The summed E-state index contributed by atoms with van der Waals surface area (Å²) in [6.07, 6.45) is 0. The second kappa shape index (κ2) is 15.4. The summed E-state index contributed by atoms with van der Waals surface area (Å²) in [5.74, 6) is 1.84. The summed E-state index contributed by atoms with van der Waals surface area (Å²) in [6.45, 7) is 0. The third-order valence-corrected chi connectivity index (χ3v) is 9.99. The van der Waals surface area contributed by atoms with Crippen LogP contribution in [-0.4, -0.2) is 15.0 Å². The van der Waals surface area contributed by atoms with Crippen LogP contribution in [0.1, 0.15) is 0 Å². The standard InChI is InChI=1S/C51H31N3O.U/c1-3-14-35(15-4-1)42-22-7-8-23-43(42)39-19-11-18-38(32-39)34-28-30-37(31-29-34)50-52-49(36-16-5-2-6-17-36)53-51(54-50)41-21-12-20-40(33-41)44-25-13-27-47-48(44)45-24-9-10-26-46(45)55-47;/h1-14,16-21,23-33H;/q-2;+2. The number of fused-ring (bicyclic) bond motifs is 3. The molecule has 0 amide bonds. The molecule has 2 aromatic heterocycles. The van der Waals surface area contributed by atoms with Crippen molar-refractivity contribution in [1.29, 1.82) is 0 Å². The minimum Gasteiger partial charge on any atom is -0.456 e. The smallest absolute Gasteiger partial charge is 0.456 e. The Bertz CT molecular complexity index is 2980. The summed E-state index contributed by atoms with van der Waals surface area (Å²) in [6, 6.07) is 71.0. The molecule has 0 aliphatic heterocycles. The van der Waals surface area contributed by atoms with Crippen LogP contribution in [0, 0.1) is 43.2 Å². The van der Waals surface area contributed by atoms with Crippen molar-refractivity contribution in [2.75, 3.05) is 0 Å². The van der Waals surface area contributed by atoms with Crippen LogP contribution in [0.4, 0.5) is 0 Å². The van der Waals surface area contributed by atoms with Gasteiger partial charge in [0.25, 0.3) is 0 Å². The molecule has 5 heteroatoms. The zero-order valence-corrected chi connectivity index (χ0v) is 34.3. The molecule has 0 aliphatic carbocycles. The first-order chi connectivity index (χ1) is 27.2. The van der Waals surface area contributed by atoms with E-state index in [9.17, 15) is 0 Å². The van der Waals surface area contributed by atoms with E-state index in [0.717, 1.165) is 83.1 Å². The van der Waals surface area contributed by atoms with E-state index in [0.29, 0.717) is 17.5 Å². The predicted molar refractivity (Wildman–Crippen MR) is 223 cm³/mol. The minimum absolute atomic E-state index is 0. The number of rotatable bonds is 7. The summed E-state index contributed by atoms with van der Waals surface area (Å²) in [4.78, 5) is 15.1. The second-order valence-electron chi connectivity index (χ2n) is 13.4. The van der Waals surface area contributed by atoms with E-state index in [1.54, 1.807) is 0 Å². The number of hydrogen-bond donors (Lipinski definition) is 0. The van der Waals surface area contributed by atoms with Gasteiger partial charge < -0.3 is 4.42 Å². The van der Waals surface area contributed by atoms with Crippen molar-refractivity contribution in [3.63, 3.8) is 0 Å². The summed E-state index contributed by atoms with van der Waals surface area (Å²) < 4.78 is 6.21. The third-order valence-electron chi connectivity index (χ3n) is 9.99. The van der Waals surface area contributed by atoms with E-state index in [2.05, 4.69) is 115 Å². The number of nitrogens with zero attached hydrogens (tertiary/aromatic N) is 3. The number of hydrogen-bond acceptors (Lipinski definition) is 4. The zero-order valence-electron chi connectivity index (χ0n) is 30.1. The number of furan rings is 1. The van der Waals surface area contributed by atoms with Gasteiger partial charge in [0.1, 0.15) is 11.2 Å². The molecule has 0 bridgehead atoms. The molecule has 56 heavy (non-hydrogen) atoms. The van der Waals surface area contributed by atoms with Crippen LogP contribution >= 0.6 is 0 Å². The van der Waals surface area contributed by atoms with E-state index < -0.39 is 0 Å². The zero-order chi connectivity index (χ0) is 36.6. The van der Waals surface area contributed by atoms with Crippen molar-refractivity contribution in [3.05, 3.63) is 200 Å². The van der Waals surface area contributed by atoms with Crippen LogP contribution in [0.2, 0.25) is 0 Å². The number of aromatic nitrogens is 3. The average molecular weight is 940 g/mol. The van der Waals surface area contributed by atoms with E-state index in [1.807, 2.05) is 84.9 Å². The maximum absolute atomic E-state index is 6.21. The maximum Gasteiger partial charge on any atom is 2.00 e. The van der Waals surface area contributed by atoms with Gasteiger partial charge in [0.15, 0.2) is 17.5 Å². The van der Waals surface area contributed by atoms with Crippen molar-refractivity contribution in [2.45, 2.75) is 0 Å². The van der Waals surface area contributed by atoms with Crippen LogP contribution in [0.25, 0.3) is 101 Å². The van der Waals surface area contributed by atoms with Gasteiger partial charge in [-0.2, -0.15) is 36.4 Å². The molecule has 0 saturated heterocycles. The maximum atomic E-state index is 6.21. The Hall–Kier alpha value is -6.38. The molecular weight excluding hydrogens is 909 g/mol. The Morgan fingerprint density at radius 1 is 0.375 bits per heavy atom. The van der Waals surface area contributed by atoms with E-state index in [-0.39, 0.29) is 31.1 Å². The molecule has 0 spiro atoms. The molecule has 0 atom stereocenters. The van der Waals surface area contributed by atoms with Crippen molar-refractivity contribution >= 4 is 21.9 Å². The molecule has 0 saturated carbocycles. The van der Waals surface area contributed by atoms with E-state index in [4.69, 9.17) is 19.4 Å². The topological polar surface area (TPSA) is 51.8 Å². The summed E-state index contributed by atoms with van der Waals surface area (Å²) in [5.41, 5.74) is 13.2. The SMILES string of the molecule is [U+2].[c-]1ccccc1-c1[c-]cccc1-c1cccc(-c2ccc(-c3nc(-c4ccccc4)nc(-c4cccc(-c5cccc6oc7ccccc7c56)c4)n3)cc2)c1. The van der Waals surface area contributed by atoms with Gasteiger partial charge in [0.05, 0.1) is 0 Å². The van der Waals surface area contributed by atoms with E-state index >= 15 is 0 Å². The summed E-state index contributed by atoms with van der Waals surface area (Å²) in [5, 5.41) is 2.19. The van der Waals surface area contributed by atoms with Gasteiger partial charge in [-0.1, -0.05) is 133 Å². The third kappa shape index (κ3) is 6.77. The van der Waals surface area contributed by atoms with Gasteiger partial charge in [0, 0.05) is 27.5 Å². The van der Waals surface area contributed by atoms with Crippen LogP contribution in [0.15, 0.2) is 192 Å². The molecule has 260 valence electrons. The van der Waals surface area contributed by atoms with E-state index in [1.165, 1.54) is 0 Å². The van der Waals surface area contributed by atoms with Crippen LogP contribution < -0.4 is 0 Å². The Kier molecular flexibility index (Phi) is 9.72. The Balaban J connectivity index is 0.00000410. The molecule has 8 aromatic carbocycles. The Labute approximate surface area is 349 Å². The fraction of sp³-hybridized carbons (Fsp3) is 0. The van der Waals surface area contributed by atoms with Gasteiger partial charge in [-0.05, 0) is 40.5 Å². The number of benzene rings is 8. The fourth-order valence-corrected chi connectivity index (χ4v) is 7.32. The molecule has 10 rings (SSSR count). The summed E-state index contributed by atoms with van der Waals surface area (Å²) in [7, 11) is 0. The molecule has 0 radical (unpaired) electrons. The average Bonchev–Trinajstić information content (AvgIpc) is 3.66. The first kappa shape index (κ1) is 35.3. The van der Waals surface area contributed by atoms with Gasteiger partial charge in [-0.3, -0.25) is 0 Å². The van der Waals surface area contributed by atoms with Gasteiger partial charge in [0.2, 0.25) is 0 Å². The number of para-hydroxylation sites is 1. The second-order valence-corrected chi connectivity index (χ2v) is 13.4. The first-order valence-electron chi connectivity index (χ1n) is 18.3. The van der Waals surface area contributed by atoms with Gasteiger partial charge >= 0.3 is 31.1 Å². The molecule has 4 nitrogen and oxygen atoms in total. The fourth-order valence-electron chi connectivity index (χ4n) is 7.32. The quantitative estimate of drug-likeness (QED) is 0.149. The molecule has 0 unspecified atom stereocenters. The molecular formula is C51H31N3OU. The molecule has 0 aliphatic rings. The first-order valence-corrected chi connectivity index (χ1v) is 18.3. The molecule has 10 aromatic rings.